The van der Waals surface area contributed by atoms with E-state index in [0.717, 1.165) is 0 Å². The van der Waals surface area contributed by atoms with Crippen molar-refractivity contribution in [3.05, 3.63) is 24.0 Å². The summed E-state index contributed by atoms with van der Waals surface area (Å²) < 4.78 is 0. The molecule has 1 saturated heterocycles. The van der Waals surface area contributed by atoms with Crippen LogP contribution in [0.15, 0.2) is 18.3 Å². The number of carbonyl (C=O) groups excluding carboxylic acids is 1. The van der Waals surface area contributed by atoms with Crippen molar-refractivity contribution in [2.24, 2.45) is 0 Å². The number of carbonyl (C=O) groups is 2. The number of hydrogen-bond acceptors (Lipinski definition) is 4. The minimum Gasteiger partial charge on any atom is -0.480 e. The van der Waals surface area contributed by atoms with Gasteiger partial charge >= 0.3 is 5.97 Å². The first kappa shape index (κ1) is 11.4. The Morgan fingerprint density at radius 3 is 2.94 bits per heavy atom. The van der Waals surface area contributed by atoms with E-state index in [1.54, 1.807) is 12.1 Å². The average Bonchev–Trinajstić information content (AvgIpc) is 2.77. The minimum atomic E-state index is -0.981. The highest BCUT2D eigenvalue weighted by Crippen LogP contribution is 2.21. The molecule has 1 atom stereocenters. The van der Waals surface area contributed by atoms with Crippen molar-refractivity contribution in [1.29, 1.82) is 0 Å². The fourth-order valence-electron chi connectivity index (χ4n) is 2.00. The third-order valence-corrected chi connectivity index (χ3v) is 2.84. The number of carboxylic acids is 1. The topological polar surface area (TPSA) is 96.5 Å². The van der Waals surface area contributed by atoms with E-state index in [0.29, 0.717) is 19.4 Å². The number of rotatable bonds is 2. The molecule has 2 heterocycles. The number of carboxylic acid groups (broad SMARTS) is 1. The molecule has 17 heavy (non-hydrogen) atoms. The fourth-order valence-corrected chi connectivity index (χ4v) is 2.00. The molecule has 0 bridgehead atoms. The van der Waals surface area contributed by atoms with Gasteiger partial charge in [0.15, 0.2) is 5.69 Å². The van der Waals surface area contributed by atoms with E-state index in [9.17, 15) is 9.59 Å². The van der Waals surface area contributed by atoms with Crippen LogP contribution in [0.25, 0.3) is 0 Å². The largest absolute Gasteiger partial charge is 0.480 e. The molecule has 0 unspecified atom stereocenters. The van der Waals surface area contributed by atoms with Crippen LogP contribution in [-0.2, 0) is 4.79 Å². The number of amides is 1. The lowest BCUT2D eigenvalue weighted by Crippen LogP contribution is -2.41. The Morgan fingerprint density at radius 2 is 2.29 bits per heavy atom. The molecule has 2 rings (SSSR count). The molecule has 0 spiro atoms. The Kier molecular flexibility index (Phi) is 2.95. The van der Waals surface area contributed by atoms with Gasteiger partial charge in [-0.15, -0.1) is 0 Å². The van der Waals surface area contributed by atoms with Crippen LogP contribution in [0, 0.1) is 0 Å². The molecular weight excluding hydrogens is 222 g/mol. The Balaban J connectivity index is 2.26. The first-order chi connectivity index (χ1) is 8.11. The van der Waals surface area contributed by atoms with Crippen LogP contribution in [0.5, 0.6) is 0 Å². The van der Waals surface area contributed by atoms with Gasteiger partial charge in [0.05, 0.1) is 5.69 Å². The van der Waals surface area contributed by atoms with E-state index in [4.69, 9.17) is 10.8 Å². The van der Waals surface area contributed by atoms with Crippen LogP contribution in [0.4, 0.5) is 5.69 Å². The molecule has 1 aromatic heterocycles. The van der Waals surface area contributed by atoms with Gasteiger partial charge < -0.3 is 15.7 Å². The molecule has 6 nitrogen and oxygen atoms in total. The van der Waals surface area contributed by atoms with Gasteiger partial charge in [0.2, 0.25) is 0 Å². The summed E-state index contributed by atoms with van der Waals surface area (Å²) in [4.78, 5) is 28.3. The Labute approximate surface area is 98.1 Å². The smallest absolute Gasteiger partial charge is 0.326 e. The highest BCUT2D eigenvalue weighted by molar-refractivity contribution is 5.99. The van der Waals surface area contributed by atoms with E-state index >= 15 is 0 Å². The summed E-state index contributed by atoms with van der Waals surface area (Å²) in [5, 5.41) is 9.00. The van der Waals surface area contributed by atoms with Crippen molar-refractivity contribution in [3.8, 4) is 0 Å². The maximum Gasteiger partial charge on any atom is 0.326 e. The molecule has 0 aliphatic carbocycles. The van der Waals surface area contributed by atoms with Crippen molar-refractivity contribution in [2.75, 3.05) is 12.3 Å². The lowest BCUT2D eigenvalue weighted by molar-refractivity contribution is -0.141. The van der Waals surface area contributed by atoms with Crippen LogP contribution >= 0.6 is 0 Å². The van der Waals surface area contributed by atoms with Gasteiger partial charge in [0.25, 0.3) is 5.91 Å². The Hall–Kier alpha value is -2.11. The highest BCUT2D eigenvalue weighted by Gasteiger charge is 2.35. The summed E-state index contributed by atoms with van der Waals surface area (Å²) in [5.41, 5.74) is 6.05. The maximum atomic E-state index is 12.1. The van der Waals surface area contributed by atoms with E-state index in [1.807, 2.05) is 0 Å². The summed E-state index contributed by atoms with van der Waals surface area (Å²) in [6, 6.07) is 2.44. The number of nitrogens with two attached hydrogens (primary N) is 1. The molecule has 0 radical (unpaired) electrons. The maximum absolute atomic E-state index is 12.1. The van der Waals surface area contributed by atoms with Crippen molar-refractivity contribution >= 4 is 17.6 Å². The molecule has 1 amide bonds. The molecule has 0 aromatic carbocycles. The van der Waals surface area contributed by atoms with Gasteiger partial charge in [0, 0.05) is 12.7 Å². The van der Waals surface area contributed by atoms with E-state index in [2.05, 4.69) is 4.98 Å². The Morgan fingerprint density at radius 1 is 1.53 bits per heavy atom. The first-order valence-electron chi connectivity index (χ1n) is 5.35. The summed E-state index contributed by atoms with van der Waals surface area (Å²) >= 11 is 0. The molecule has 1 aliphatic heterocycles. The quantitative estimate of drug-likeness (QED) is 0.771. The molecule has 0 saturated carbocycles. The molecule has 1 aliphatic rings. The van der Waals surface area contributed by atoms with Gasteiger partial charge in [-0.2, -0.15) is 0 Å². The lowest BCUT2D eigenvalue weighted by Gasteiger charge is -2.21. The number of aromatic nitrogens is 1. The van der Waals surface area contributed by atoms with Crippen molar-refractivity contribution in [3.63, 3.8) is 0 Å². The summed E-state index contributed by atoms with van der Waals surface area (Å²) in [6.45, 7) is 0.436. The predicted molar refractivity (Wildman–Crippen MR) is 60.3 cm³/mol. The zero-order valence-corrected chi connectivity index (χ0v) is 9.17. The van der Waals surface area contributed by atoms with Crippen LogP contribution in [0.1, 0.15) is 23.3 Å². The lowest BCUT2D eigenvalue weighted by atomic mass is 10.2. The number of aliphatic carboxylic acids is 1. The molecule has 1 aromatic rings. The summed E-state index contributed by atoms with van der Waals surface area (Å²) in [7, 11) is 0. The number of anilines is 1. The monoisotopic (exact) mass is 235 g/mol. The highest BCUT2D eigenvalue weighted by atomic mass is 16.4. The normalized spacial score (nSPS) is 19.3. The van der Waals surface area contributed by atoms with Gasteiger partial charge in [-0.25, -0.2) is 9.78 Å². The standard InChI is InChI=1S/C11H13N3O3/c12-7-3-1-5-13-9(7)10(15)14-6-2-4-8(14)11(16)17/h1,3,5,8H,2,4,6,12H2,(H,16,17)/t8-/m0/s1. The van der Waals surface area contributed by atoms with Crippen LogP contribution in [0.3, 0.4) is 0 Å². The molecular formula is C11H13N3O3. The second-order valence-electron chi connectivity index (χ2n) is 3.94. The van der Waals surface area contributed by atoms with E-state index in [1.165, 1.54) is 11.1 Å². The Bertz CT molecular complexity index is 461. The van der Waals surface area contributed by atoms with Gasteiger partial charge in [-0.05, 0) is 25.0 Å². The van der Waals surface area contributed by atoms with Gasteiger partial charge in [-0.1, -0.05) is 0 Å². The zero-order valence-electron chi connectivity index (χ0n) is 9.17. The van der Waals surface area contributed by atoms with E-state index in [-0.39, 0.29) is 11.4 Å². The second kappa shape index (κ2) is 4.40. The minimum absolute atomic E-state index is 0.126. The number of likely N-dealkylation sites (tertiary alicyclic amines) is 1. The van der Waals surface area contributed by atoms with E-state index < -0.39 is 17.9 Å². The van der Waals surface area contributed by atoms with Crippen LogP contribution < -0.4 is 5.73 Å². The van der Waals surface area contributed by atoms with Crippen molar-refractivity contribution < 1.29 is 14.7 Å². The number of pyridine rings is 1. The number of nitrogens with zero attached hydrogens (tertiary/aromatic N) is 2. The second-order valence-corrected chi connectivity index (χ2v) is 3.94. The fraction of sp³-hybridized carbons (Fsp3) is 0.364. The number of nitrogen functional groups attached to an aromatic ring is 1. The molecule has 90 valence electrons. The van der Waals surface area contributed by atoms with Crippen molar-refractivity contribution in [2.45, 2.75) is 18.9 Å². The van der Waals surface area contributed by atoms with Crippen LogP contribution in [-0.4, -0.2) is 39.5 Å². The average molecular weight is 235 g/mol. The van der Waals surface area contributed by atoms with Gasteiger partial charge in [-0.3, -0.25) is 4.79 Å². The summed E-state index contributed by atoms with van der Waals surface area (Å²) in [5.74, 6) is -1.39. The van der Waals surface area contributed by atoms with Crippen molar-refractivity contribution in [1.82, 2.24) is 9.88 Å². The predicted octanol–water partition coefficient (Wildman–Crippen LogP) is 0.353. The van der Waals surface area contributed by atoms with Gasteiger partial charge in [0.1, 0.15) is 6.04 Å². The van der Waals surface area contributed by atoms with Crippen LogP contribution in [0.2, 0.25) is 0 Å². The molecule has 6 heteroatoms. The third-order valence-electron chi connectivity index (χ3n) is 2.84. The summed E-state index contributed by atoms with van der Waals surface area (Å²) in [6.07, 6.45) is 2.64. The SMILES string of the molecule is Nc1cccnc1C(=O)N1CCC[C@H]1C(=O)O. The number of hydrogen-bond donors (Lipinski definition) is 2. The molecule has 3 N–H and O–H groups in total. The zero-order chi connectivity index (χ0) is 12.4. The first-order valence-corrected chi connectivity index (χ1v) is 5.35. The third kappa shape index (κ3) is 2.06. The molecule has 1 fully saturated rings.